The molecule has 25 heavy (non-hydrogen) atoms. The van der Waals surface area contributed by atoms with E-state index in [9.17, 15) is 9.59 Å². The van der Waals surface area contributed by atoms with Crippen molar-refractivity contribution in [3.63, 3.8) is 0 Å². The van der Waals surface area contributed by atoms with Crippen LogP contribution in [0.25, 0.3) is 11.5 Å². The van der Waals surface area contributed by atoms with Gasteiger partial charge in [-0.15, -0.1) is 0 Å². The summed E-state index contributed by atoms with van der Waals surface area (Å²) in [6, 6.07) is 6.85. The Bertz CT molecular complexity index is 788. The van der Waals surface area contributed by atoms with E-state index in [0.717, 1.165) is 0 Å². The molecule has 2 N–H and O–H groups in total. The van der Waals surface area contributed by atoms with Crippen molar-refractivity contribution in [2.24, 2.45) is 5.41 Å². The van der Waals surface area contributed by atoms with Gasteiger partial charge in [0, 0.05) is 12.0 Å². The number of rotatable bonds is 5. The van der Waals surface area contributed by atoms with E-state index in [0.29, 0.717) is 17.0 Å². The van der Waals surface area contributed by atoms with E-state index in [1.165, 1.54) is 0 Å². The second-order valence-corrected chi connectivity index (χ2v) is 7.59. The fourth-order valence-corrected chi connectivity index (χ4v) is 1.98. The third kappa shape index (κ3) is 4.23. The molecular formula is C18H23N3O4. The monoisotopic (exact) mass is 345 g/mol. The van der Waals surface area contributed by atoms with Gasteiger partial charge in [0.05, 0.1) is 16.5 Å². The number of carboxylic acid groups (broad SMARTS) is 1. The third-order valence-corrected chi connectivity index (χ3v) is 3.77. The number of aromatic nitrogens is 2. The molecule has 2 aromatic rings. The smallest absolute Gasteiger partial charge is 0.310 e. The summed E-state index contributed by atoms with van der Waals surface area (Å²) in [5, 5.41) is 15.8. The van der Waals surface area contributed by atoms with E-state index in [1.807, 2.05) is 20.8 Å². The van der Waals surface area contributed by atoms with Crippen LogP contribution in [0, 0.1) is 5.41 Å². The van der Waals surface area contributed by atoms with Crippen LogP contribution in [0.1, 0.15) is 50.8 Å². The van der Waals surface area contributed by atoms with Crippen LogP contribution in [0.3, 0.4) is 0 Å². The SMILES string of the molecule is CC(C)(CNC(=O)c1ccccc1-c1nc(C(C)(C)C)no1)C(=O)O. The van der Waals surface area contributed by atoms with Crippen LogP contribution in [0.5, 0.6) is 0 Å². The number of carboxylic acids is 1. The largest absolute Gasteiger partial charge is 0.481 e. The lowest BCUT2D eigenvalue weighted by Crippen LogP contribution is -2.39. The number of hydrogen-bond donors (Lipinski definition) is 2. The zero-order chi connectivity index (χ0) is 18.8. The van der Waals surface area contributed by atoms with Gasteiger partial charge >= 0.3 is 5.97 Å². The lowest BCUT2D eigenvalue weighted by Gasteiger charge is -2.19. The molecule has 7 nitrogen and oxygen atoms in total. The maximum atomic E-state index is 12.5. The number of carbonyl (C=O) groups is 2. The predicted molar refractivity (Wildman–Crippen MR) is 92.2 cm³/mol. The van der Waals surface area contributed by atoms with E-state index in [4.69, 9.17) is 9.63 Å². The molecule has 0 radical (unpaired) electrons. The van der Waals surface area contributed by atoms with E-state index in [-0.39, 0.29) is 23.8 Å². The molecule has 0 saturated carbocycles. The van der Waals surface area contributed by atoms with Gasteiger partial charge in [0.15, 0.2) is 5.82 Å². The zero-order valence-electron chi connectivity index (χ0n) is 15.1. The van der Waals surface area contributed by atoms with Crippen molar-refractivity contribution in [2.45, 2.75) is 40.0 Å². The highest BCUT2D eigenvalue weighted by Crippen LogP contribution is 2.26. The minimum Gasteiger partial charge on any atom is -0.481 e. The number of hydrogen-bond acceptors (Lipinski definition) is 5. The Balaban J connectivity index is 2.28. The molecule has 0 atom stereocenters. The fourth-order valence-electron chi connectivity index (χ4n) is 1.98. The van der Waals surface area contributed by atoms with Gasteiger partial charge in [-0.1, -0.05) is 38.1 Å². The van der Waals surface area contributed by atoms with Gasteiger partial charge in [-0.3, -0.25) is 9.59 Å². The Labute approximate surface area is 146 Å². The second-order valence-electron chi connectivity index (χ2n) is 7.59. The van der Waals surface area contributed by atoms with Crippen molar-refractivity contribution in [1.82, 2.24) is 15.5 Å². The summed E-state index contributed by atoms with van der Waals surface area (Å²) < 4.78 is 5.32. The van der Waals surface area contributed by atoms with Gasteiger partial charge in [-0.25, -0.2) is 0 Å². The van der Waals surface area contributed by atoms with Crippen LogP contribution in [0.4, 0.5) is 0 Å². The quantitative estimate of drug-likeness (QED) is 0.863. The minimum atomic E-state index is -1.06. The molecule has 0 bridgehead atoms. The highest BCUT2D eigenvalue weighted by atomic mass is 16.5. The number of benzene rings is 1. The van der Waals surface area contributed by atoms with Crippen molar-refractivity contribution in [3.8, 4) is 11.5 Å². The molecule has 0 aliphatic rings. The summed E-state index contributed by atoms with van der Waals surface area (Å²) in [7, 11) is 0. The highest BCUT2D eigenvalue weighted by molar-refractivity contribution is 6.00. The van der Waals surface area contributed by atoms with Gasteiger partial charge in [0.1, 0.15) is 0 Å². The molecule has 7 heteroatoms. The van der Waals surface area contributed by atoms with Crippen molar-refractivity contribution >= 4 is 11.9 Å². The van der Waals surface area contributed by atoms with E-state index >= 15 is 0 Å². The normalized spacial score (nSPS) is 12.0. The van der Waals surface area contributed by atoms with Crippen LogP contribution in [-0.4, -0.2) is 33.7 Å². The molecule has 1 aromatic carbocycles. The number of nitrogens with one attached hydrogen (secondary N) is 1. The Morgan fingerprint density at radius 2 is 1.80 bits per heavy atom. The summed E-state index contributed by atoms with van der Waals surface area (Å²) in [5.41, 5.74) is -0.470. The third-order valence-electron chi connectivity index (χ3n) is 3.77. The molecule has 2 rings (SSSR count). The number of amides is 1. The topological polar surface area (TPSA) is 105 Å². The van der Waals surface area contributed by atoms with Gasteiger partial charge < -0.3 is 14.9 Å². The van der Waals surface area contributed by atoms with Crippen LogP contribution < -0.4 is 5.32 Å². The van der Waals surface area contributed by atoms with Crippen LogP contribution in [0.2, 0.25) is 0 Å². The van der Waals surface area contributed by atoms with Gasteiger partial charge in [-0.2, -0.15) is 4.98 Å². The predicted octanol–water partition coefficient (Wildman–Crippen LogP) is 2.87. The second kappa shape index (κ2) is 6.66. The van der Waals surface area contributed by atoms with Crippen molar-refractivity contribution in [3.05, 3.63) is 35.7 Å². The van der Waals surface area contributed by atoms with Crippen molar-refractivity contribution < 1.29 is 19.2 Å². The van der Waals surface area contributed by atoms with Gasteiger partial charge in [0.25, 0.3) is 11.8 Å². The molecule has 0 unspecified atom stereocenters. The Morgan fingerprint density at radius 3 is 2.36 bits per heavy atom. The molecule has 1 heterocycles. The van der Waals surface area contributed by atoms with Gasteiger partial charge in [0.2, 0.25) is 0 Å². The van der Waals surface area contributed by atoms with Crippen LogP contribution in [0.15, 0.2) is 28.8 Å². The first-order valence-corrected chi connectivity index (χ1v) is 7.97. The fraction of sp³-hybridized carbons (Fsp3) is 0.444. The first kappa shape index (κ1) is 18.6. The standard InChI is InChI=1S/C18H23N3O4/c1-17(2,3)15-20-14(25-21-15)12-9-7-6-8-11(12)13(22)19-10-18(4,5)16(23)24/h6-9H,10H2,1-5H3,(H,19,22)(H,23,24). The lowest BCUT2D eigenvalue weighted by atomic mass is 9.93. The molecule has 0 saturated heterocycles. The molecule has 0 spiro atoms. The first-order valence-electron chi connectivity index (χ1n) is 7.97. The van der Waals surface area contributed by atoms with Crippen molar-refractivity contribution in [2.75, 3.05) is 6.54 Å². The summed E-state index contributed by atoms with van der Waals surface area (Å²) in [5.74, 6) is -0.564. The average Bonchev–Trinajstić information content (AvgIpc) is 3.02. The summed E-state index contributed by atoms with van der Waals surface area (Å²) >= 11 is 0. The maximum absolute atomic E-state index is 12.5. The summed E-state index contributed by atoms with van der Waals surface area (Å²) in [6.45, 7) is 9.01. The zero-order valence-corrected chi connectivity index (χ0v) is 15.1. The first-order chi connectivity index (χ1) is 11.5. The molecule has 1 amide bonds. The van der Waals surface area contributed by atoms with E-state index < -0.39 is 11.4 Å². The van der Waals surface area contributed by atoms with E-state index in [1.54, 1.807) is 38.1 Å². The molecule has 0 aliphatic heterocycles. The number of nitrogens with zero attached hydrogens (tertiary/aromatic N) is 2. The molecule has 134 valence electrons. The molecular weight excluding hydrogens is 322 g/mol. The number of aliphatic carboxylic acids is 1. The Morgan fingerprint density at radius 1 is 1.16 bits per heavy atom. The van der Waals surface area contributed by atoms with Gasteiger partial charge in [-0.05, 0) is 26.0 Å². The van der Waals surface area contributed by atoms with Crippen LogP contribution >= 0.6 is 0 Å². The summed E-state index contributed by atoms with van der Waals surface area (Å²) in [6.07, 6.45) is 0. The highest BCUT2D eigenvalue weighted by Gasteiger charge is 2.29. The van der Waals surface area contributed by atoms with Crippen molar-refractivity contribution in [1.29, 1.82) is 0 Å². The molecule has 0 fully saturated rings. The average molecular weight is 345 g/mol. The Kier molecular flexibility index (Phi) is 4.97. The Hall–Kier alpha value is -2.70. The molecule has 1 aromatic heterocycles. The summed E-state index contributed by atoms with van der Waals surface area (Å²) in [4.78, 5) is 28.1. The van der Waals surface area contributed by atoms with Crippen LogP contribution in [-0.2, 0) is 10.2 Å². The lowest BCUT2D eigenvalue weighted by molar-refractivity contribution is -0.146. The maximum Gasteiger partial charge on any atom is 0.310 e. The number of carbonyl (C=O) groups excluding carboxylic acids is 1. The minimum absolute atomic E-state index is 0.00652. The van der Waals surface area contributed by atoms with E-state index in [2.05, 4.69) is 15.5 Å². The molecule has 0 aliphatic carbocycles.